The largest absolute Gasteiger partial charge is 0.456 e. The Morgan fingerprint density at radius 3 is 2.35 bits per heavy atom. The van der Waals surface area contributed by atoms with E-state index >= 15 is 0 Å². The van der Waals surface area contributed by atoms with Crippen molar-refractivity contribution >= 4 is 17.6 Å². The van der Waals surface area contributed by atoms with Crippen molar-refractivity contribution in [3.05, 3.63) is 29.6 Å². The van der Waals surface area contributed by atoms with Crippen LogP contribution in [0, 0.1) is 35.9 Å². The summed E-state index contributed by atoms with van der Waals surface area (Å²) >= 11 is 0. The molecule has 4 aliphatic rings. The SMILES string of the molecule is Cc1ccc(NC(=O)COC(=O)CC23CC4CC(CC(C4)C2)C3)c(F)c1. The second-order valence-electron chi connectivity index (χ2n) is 8.79. The number of aryl methyl sites for hydroxylation is 1. The molecule has 1 amide bonds. The summed E-state index contributed by atoms with van der Waals surface area (Å²) in [5.41, 5.74) is 0.992. The van der Waals surface area contributed by atoms with Crippen LogP contribution in [-0.2, 0) is 14.3 Å². The number of amides is 1. The second-order valence-corrected chi connectivity index (χ2v) is 8.79. The summed E-state index contributed by atoms with van der Waals surface area (Å²) in [4.78, 5) is 24.3. The minimum atomic E-state index is -0.508. The van der Waals surface area contributed by atoms with Gasteiger partial charge in [-0.05, 0) is 86.3 Å². The summed E-state index contributed by atoms with van der Waals surface area (Å²) in [6.45, 7) is 1.42. The molecule has 4 bridgehead atoms. The molecule has 5 heteroatoms. The summed E-state index contributed by atoms with van der Waals surface area (Å²) in [6, 6.07) is 4.59. The number of anilines is 1. The molecular formula is C21H26FNO3. The fourth-order valence-corrected chi connectivity index (χ4v) is 5.92. The first-order valence-electron chi connectivity index (χ1n) is 9.62. The predicted octanol–water partition coefficient (Wildman–Crippen LogP) is 4.22. The van der Waals surface area contributed by atoms with Crippen LogP contribution in [0.4, 0.5) is 10.1 Å². The molecule has 0 saturated heterocycles. The van der Waals surface area contributed by atoms with E-state index in [1.807, 2.05) is 0 Å². The van der Waals surface area contributed by atoms with Gasteiger partial charge in [-0.25, -0.2) is 4.39 Å². The molecule has 4 nitrogen and oxygen atoms in total. The fraction of sp³-hybridized carbons (Fsp3) is 0.619. The van der Waals surface area contributed by atoms with Crippen LogP contribution in [0.15, 0.2) is 18.2 Å². The van der Waals surface area contributed by atoms with Gasteiger partial charge >= 0.3 is 5.97 Å². The third-order valence-corrected chi connectivity index (χ3v) is 6.45. The van der Waals surface area contributed by atoms with E-state index < -0.39 is 11.7 Å². The van der Waals surface area contributed by atoms with Crippen molar-refractivity contribution in [2.24, 2.45) is 23.2 Å². The highest BCUT2D eigenvalue weighted by molar-refractivity contribution is 5.92. The van der Waals surface area contributed by atoms with Gasteiger partial charge in [0.2, 0.25) is 0 Å². The van der Waals surface area contributed by atoms with Crippen LogP contribution in [0.2, 0.25) is 0 Å². The van der Waals surface area contributed by atoms with Gasteiger partial charge in [0.05, 0.1) is 12.1 Å². The molecule has 1 aromatic rings. The summed E-state index contributed by atoms with van der Waals surface area (Å²) in [7, 11) is 0. The molecule has 0 aromatic heterocycles. The van der Waals surface area contributed by atoms with Crippen LogP contribution in [0.1, 0.15) is 50.5 Å². The number of rotatable bonds is 5. The zero-order valence-electron chi connectivity index (χ0n) is 15.2. The topological polar surface area (TPSA) is 55.4 Å². The monoisotopic (exact) mass is 359 g/mol. The van der Waals surface area contributed by atoms with Crippen LogP contribution < -0.4 is 5.32 Å². The lowest BCUT2D eigenvalue weighted by molar-refractivity contribution is -0.154. The lowest BCUT2D eigenvalue weighted by atomic mass is 9.49. The first-order chi connectivity index (χ1) is 12.4. The predicted molar refractivity (Wildman–Crippen MR) is 95.9 cm³/mol. The lowest BCUT2D eigenvalue weighted by Crippen LogP contribution is -2.47. The van der Waals surface area contributed by atoms with Gasteiger partial charge in [0, 0.05) is 0 Å². The molecular weight excluding hydrogens is 333 g/mol. The Hall–Kier alpha value is -1.91. The molecule has 26 heavy (non-hydrogen) atoms. The van der Waals surface area contributed by atoms with Crippen molar-refractivity contribution < 1.29 is 18.7 Å². The average molecular weight is 359 g/mol. The molecule has 0 unspecified atom stereocenters. The molecule has 0 radical (unpaired) electrons. The fourth-order valence-electron chi connectivity index (χ4n) is 5.92. The molecule has 4 fully saturated rings. The Morgan fingerprint density at radius 1 is 1.15 bits per heavy atom. The van der Waals surface area contributed by atoms with Gasteiger partial charge in [-0.1, -0.05) is 6.07 Å². The van der Waals surface area contributed by atoms with Crippen LogP contribution in [0.3, 0.4) is 0 Å². The molecule has 0 spiro atoms. The summed E-state index contributed by atoms with van der Waals surface area (Å²) < 4.78 is 19.0. The number of carbonyl (C=O) groups excluding carboxylic acids is 2. The second kappa shape index (κ2) is 6.67. The first-order valence-corrected chi connectivity index (χ1v) is 9.62. The van der Waals surface area contributed by atoms with Gasteiger partial charge in [-0.15, -0.1) is 0 Å². The van der Waals surface area contributed by atoms with Crippen molar-refractivity contribution in [1.82, 2.24) is 0 Å². The number of benzene rings is 1. The molecule has 140 valence electrons. The van der Waals surface area contributed by atoms with E-state index in [0.717, 1.165) is 42.6 Å². The highest BCUT2D eigenvalue weighted by atomic mass is 19.1. The molecule has 1 N–H and O–H groups in total. The maximum atomic E-state index is 13.8. The quantitative estimate of drug-likeness (QED) is 0.801. The molecule has 4 saturated carbocycles. The number of nitrogens with one attached hydrogen (secondary N) is 1. The van der Waals surface area contributed by atoms with Crippen LogP contribution in [0.25, 0.3) is 0 Å². The van der Waals surface area contributed by atoms with Crippen LogP contribution in [-0.4, -0.2) is 18.5 Å². The summed E-state index contributed by atoms with van der Waals surface area (Å²) in [5.74, 6) is 1.04. The molecule has 0 heterocycles. The Bertz CT molecular complexity index is 695. The normalized spacial score (nSPS) is 31.7. The zero-order chi connectivity index (χ0) is 18.3. The van der Waals surface area contributed by atoms with E-state index in [0.29, 0.717) is 6.42 Å². The van der Waals surface area contributed by atoms with Gasteiger partial charge < -0.3 is 10.1 Å². The number of halogens is 1. The number of hydrogen-bond acceptors (Lipinski definition) is 3. The average Bonchev–Trinajstić information content (AvgIpc) is 2.54. The van der Waals surface area contributed by atoms with Crippen molar-refractivity contribution in [3.63, 3.8) is 0 Å². The third-order valence-electron chi connectivity index (χ3n) is 6.45. The molecule has 0 atom stereocenters. The van der Waals surface area contributed by atoms with Gasteiger partial charge in [-0.2, -0.15) is 0 Å². The summed E-state index contributed by atoms with van der Waals surface area (Å²) in [6.07, 6.45) is 7.82. The zero-order valence-corrected chi connectivity index (χ0v) is 15.2. The number of carbonyl (C=O) groups is 2. The minimum absolute atomic E-state index is 0.103. The molecule has 0 aliphatic heterocycles. The van der Waals surface area contributed by atoms with Gasteiger partial charge in [0.15, 0.2) is 6.61 Å². The molecule has 4 aliphatic carbocycles. The van der Waals surface area contributed by atoms with Gasteiger partial charge in [0.1, 0.15) is 5.82 Å². The van der Waals surface area contributed by atoms with E-state index in [1.54, 1.807) is 13.0 Å². The Morgan fingerprint density at radius 2 is 1.77 bits per heavy atom. The Labute approximate surface area is 153 Å². The maximum absolute atomic E-state index is 13.8. The van der Waals surface area contributed by atoms with Crippen molar-refractivity contribution in [3.8, 4) is 0 Å². The first kappa shape index (κ1) is 17.5. The molecule has 5 rings (SSSR count). The number of esters is 1. The van der Waals surface area contributed by atoms with E-state index in [-0.39, 0.29) is 23.7 Å². The Balaban J connectivity index is 1.28. The highest BCUT2D eigenvalue weighted by Crippen LogP contribution is 2.61. The van der Waals surface area contributed by atoms with E-state index in [4.69, 9.17) is 4.74 Å². The number of hydrogen-bond donors (Lipinski definition) is 1. The number of ether oxygens (including phenoxy) is 1. The van der Waals surface area contributed by atoms with Crippen molar-refractivity contribution in [2.75, 3.05) is 11.9 Å². The third kappa shape index (κ3) is 3.62. The lowest BCUT2D eigenvalue weighted by Gasteiger charge is -2.56. The van der Waals surface area contributed by atoms with Crippen molar-refractivity contribution in [2.45, 2.75) is 51.9 Å². The van der Waals surface area contributed by atoms with Crippen LogP contribution >= 0.6 is 0 Å². The maximum Gasteiger partial charge on any atom is 0.306 e. The minimum Gasteiger partial charge on any atom is -0.456 e. The van der Waals surface area contributed by atoms with E-state index in [9.17, 15) is 14.0 Å². The van der Waals surface area contributed by atoms with E-state index in [2.05, 4.69) is 5.32 Å². The van der Waals surface area contributed by atoms with E-state index in [1.165, 1.54) is 31.4 Å². The smallest absolute Gasteiger partial charge is 0.306 e. The molecule has 1 aromatic carbocycles. The Kier molecular flexibility index (Phi) is 4.49. The summed E-state index contributed by atoms with van der Waals surface area (Å²) in [5, 5.41) is 2.46. The van der Waals surface area contributed by atoms with Gasteiger partial charge in [0.25, 0.3) is 5.91 Å². The standard InChI is InChI=1S/C21H26FNO3/c1-13-2-3-18(17(22)4-13)23-19(24)12-26-20(25)11-21-8-14-5-15(9-21)7-16(6-14)10-21/h2-4,14-16H,5-12H2,1H3,(H,23,24). The van der Waals surface area contributed by atoms with Crippen molar-refractivity contribution in [1.29, 1.82) is 0 Å². The van der Waals surface area contributed by atoms with Crippen LogP contribution in [0.5, 0.6) is 0 Å². The van der Waals surface area contributed by atoms with Gasteiger partial charge in [-0.3, -0.25) is 9.59 Å². The highest BCUT2D eigenvalue weighted by Gasteiger charge is 2.51.